The zero-order valence-electron chi connectivity index (χ0n) is 23.8. The van der Waals surface area contributed by atoms with Crippen molar-refractivity contribution in [3.05, 3.63) is 99.9 Å². The molecule has 4 rings (SSSR count). The van der Waals surface area contributed by atoms with Crippen LogP contribution in [0.2, 0.25) is 0 Å². The number of benzene rings is 3. The molecule has 1 heterocycles. The van der Waals surface area contributed by atoms with Crippen molar-refractivity contribution in [3.8, 4) is 17.2 Å². The van der Waals surface area contributed by atoms with Gasteiger partial charge in [0.1, 0.15) is 22.8 Å². The van der Waals surface area contributed by atoms with Crippen LogP contribution < -0.4 is 24.6 Å². The van der Waals surface area contributed by atoms with E-state index >= 15 is 0 Å². The highest BCUT2D eigenvalue weighted by Crippen LogP contribution is 2.30. The van der Waals surface area contributed by atoms with Crippen LogP contribution in [0.4, 0.5) is 10.7 Å². The zero-order valence-corrected chi connectivity index (χ0v) is 24.6. The highest BCUT2D eigenvalue weighted by molar-refractivity contribution is 7.16. The molecule has 41 heavy (non-hydrogen) atoms. The van der Waals surface area contributed by atoms with E-state index in [4.69, 9.17) is 19.4 Å². The van der Waals surface area contributed by atoms with Crippen LogP contribution in [0.5, 0.6) is 17.2 Å². The average molecular weight is 571 g/mol. The van der Waals surface area contributed by atoms with E-state index in [1.54, 1.807) is 41.7 Å². The van der Waals surface area contributed by atoms with E-state index in [0.717, 1.165) is 21.6 Å². The van der Waals surface area contributed by atoms with Crippen molar-refractivity contribution < 1.29 is 24.2 Å². The predicted octanol–water partition coefficient (Wildman–Crippen LogP) is 7.97. The van der Waals surface area contributed by atoms with E-state index in [-0.39, 0.29) is 6.10 Å². The molecule has 0 aliphatic carbocycles. The Bertz CT molecular complexity index is 1540. The van der Waals surface area contributed by atoms with Gasteiger partial charge in [0.15, 0.2) is 0 Å². The summed E-state index contributed by atoms with van der Waals surface area (Å²) >= 11 is 1.70. The number of hydrogen-bond donors (Lipinski definition) is 2. The smallest absolute Gasteiger partial charge is 0.347 e. The SMILES string of the molecule is COc1cc(/C=C/c2ccc(N(C)C)s2)ccc1C(=O)Oc1ccc(/C=C/c2ccc(NO)cc2)c(OC(C)C)c1. The molecule has 3 aromatic carbocycles. The van der Waals surface area contributed by atoms with E-state index in [0.29, 0.717) is 28.5 Å². The zero-order chi connectivity index (χ0) is 29.4. The Hall–Kier alpha value is -4.53. The summed E-state index contributed by atoms with van der Waals surface area (Å²) in [6.07, 6.45) is 7.82. The van der Waals surface area contributed by atoms with E-state index in [2.05, 4.69) is 22.5 Å². The van der Waals surface area contributed by atoms with Crippen molar-refractivity contribution in [3.63, 3.8) is 0 Å². The molecule has 4 aromatic rings. The predicted molar refractivity (Wildman–Crippen MR) is 169 cm³/mol. The lowest BCUT2D eigenvalue weighted by Gasteiger charge is -2.15. The first kappa shape index (κ1) is 29.5. The Morgan fingerprint density at radius 3 is 2.27 bits per heavy atom. The van der Waals surface area contributed by atoms with Gasteiger partial charge in [-0.25, -0.2) is 4.79 Å². The summed E-state index contributed by atoms with van der Waals surface area (Å²) in [5.74, 6) is 0.857. The minimum Gasteiger partial charge on any atom is -0.496 e. The number of ether oxygens (including phenoxy) is 3. The van der Waals surface area contributed by atoms with Gasteiger partial charge in [-0.3, -0.25) is 10.7 Å². The molecular weight excluding hydrogens is 536 g/mol. The molecule has 0 unspecified atom stereocenters. The summed E-state index contributed by atoms with van der Waals surface area (Å²) in [5, 5.41) is 10.2. The number of thiophene rings is 1. The number of methoxy groups -OCH3 is 1. The van der Waals surface area contributed by atoms with Crippen LogP contribution in [0.25, 0.3) is 24.3 Å². The summed E-state index contributed by atoms with van der Waals surface area (Å²) in [5.41, 5.74) is 5.75. The standard InChI is InChI=1S/C33H34N2O5S/c1-22(2)39-30-21-27(15-12-25(30)11-6-23-7-13-26(34-37)14-8-23)40-33(36)29-18-10-24(20-31(29)38-5)9-16-28-17-19-32(41-28)35(3)4/h6-22,34,37H,1-5H3/b11-6+,16-9+. The van der Waals surface area contributed by atoms with Crippen LogP contribution in [0.1, 0.15) is 45.8 Å². The minimum absolute atomic E-state index is 0.0765. The third kappa shape index (κ3) is 8.00. The van der Waals surface area contributed by atoms with Gasteiger partial charge in [0.2, 0.25) is 0 Å². The van der Waals surface area contributed by atoms with Crippen LogP contribution in [0, 0.1) is 0 Å². The fourth-order valence-corrected chi connectivity index (χ4v) is 4.75. The summed E-state index contributed by atoms with van der Waals surface area (Å²) < 4.78 is 17.3. The van der Waals surface area contributed by atoms with Gasteiger partial charge in [-0.15, -0.1) is 11.3 Å². The Balaban J connectivity index is 1.50. The highest BCUT2D eigenvalue weighted by Gasteiger charge is 2.16. The van der Waals surface area contributed by atoms with Crippen molar-refractivity contribution in [2.24, 2.45) is 0 Å². The van der Waals surface area contributed by atoms with E-state index in [9.17, 15) is 4.79 Å². The van der Waals surface area contributed by atoms with E-state index in [1.165, 1.54) is 12.1 Å². The maximum absolute atomic E-state index is 13.1. The summed E-state index contributed by atoms with van der Waals surface area (Å²) in [6.45, 7) is 3.88. The molecule has 0 aliphatic rings. The van der Waals surface area contributed by atoms with E-state index < -0.39 is 5.97 Å². The summed E-state index contributed by atoms with van der Waals surface area (Å²) in [4.78, 5) is 16.3. The highest BCUT2D eigenvalue weighted by atomic mass is 32.1. The van der Waals surface area contributed by atoms with Gasteiger partial charge < -0.3 is 19.1 Å². The van der Waals surface area contributed by atoms with Crippen molar-refractivity contribution in [1.82, 2.24) is 0 Å². The molecule has 7 nitrogen and oxygen atoms in total. The second kappa shape index (κ2) is 13.7. The second-order valence-corrected chi connectivity index (χ2v) is 10.8. The largest absolute Gasteiger partial charge is 0.496 e. The Kier molecular flexibility index (Phi) is 9.84. The third-order valence-electron chi connectivity index (χ3n) is 5.99. The fraction of sp³-hybridized carbons (Fsp3) is 0.182. The molecule has 0 spiro atoms. The lowest BCUT2D eigenvalue weighted by atomic mass is 10.1. The number of hydrogen-bond acceptors (Lipinski definition) is 8. The quantitative estimate of drug-likeness (QED) is 0.0819. The van der Waals surface area contributed by atoms with Gasteiger partial charge in [-0.2, -0.15) is 0 Å². The van der Waals surface area contributed by atoms with Gasteiger partial charge in [-0.05, 0) is 79.6 Å². The van der Waals surface area contributed by atoms with Crippen molar-refractivity contribution in [1.29, 1.82) is 0 Å². The molecule has 0 radical (unpaired) electrons. The first-order valence-corrected chi connectivity index (χ1v) is 13.9. The Morgan fingerprint density at radius 1 is 0.878 bits per heavy atom. The molecule has 212 valence electrons. The molecule has 0 bridgehead atoms. The van der Waals surface area contributed by atoms with Crippen molar-refractivity contribution >= 4 is 52.3 Å². The third-order valence-corrected chi connectivity index (χ3v) is 7.21. The number of nitrogens with zero attached hydrogens (tertiary/aromatic N) is 1. The molecule has 0 fully saturated rings. The maximum Gasteiger partial charge on any atom is 0.347 e. The number of anilines is 2. The number of nitrogens with one attached hydrogen (secondary N) is 1. The summed E-state index contributed by atoms with van der Waals surface area (Å²) in [6, 6.07) is 22.1. The molecule has 2 N–H and O–H groups in total. The average Bonchev–Trinajstić information content (AvgIpc) is 3.45. The van der Waals surface area contributed by atoms with Gasteiger partial charge >= 0.3 is 5.97 Å². The van der Waals surface area contributed by atoms with Crippen LogP contribution >= 0.6 is 11.3 Å². The molecule has 8 heteroatoms. The minimum atomic E-state index is -0.525. The molecule has 0 amide bonds. The Labute approximate surface area is 244 Å². The van der Waals surface area contributed by atoms with Crippen LogP contribution in [-0.2, 0) is 0 Å². The number of esters is 1. The molecule has 0 saturated carbocycles. The molecule has 0 saturated heterocycles. The first-order valence-electron chi connectivity index (χ1n) is 13.1. The van der Waals surface area contributed by atoms with Crippen LogP contribution in [0.15, 0.2) is 72.8 Å². The topological polar surface area (TPSA) is 80.3 Å². The molecular formula is C33H34N2O5S. The number of carbonyl (C=O) groups is 1. The second-order valence-electron chi connectivity index (χ2n) is 9.69. The first-order chi connectivity index (χ1) is 19.7. The summed E-state index contributed by atoms with van der Waals surface area (Å²) in [7, 11) is 5.57. The molecule has 0 atom stereocenters. The lowest BCUT2D eigenvalue weighted by Crippen LogP contribution is -2.11. The van der Waals surface area contributed by atoms with Gasteiger partial charge in [0, 0.05) is 30.6 Å². The van der Waals surface area contributed by atoms with Crippen molar-refractivity contribution in [2.75, 3.05) is 31.6 Å². The van der Waals surface area contributed by atoms with Crippen LogP contribution in [0.3, 0.4) is 0 Å². The van der Waals surface area contributed by atoms with Crippen LogP contribution in [-0.4, -0.2) is 38.5 Å². The maximum atomic E-state index is 13.1. The van der Waals surface area contributed by atoms with Gasteiger partial charge in [0.05, 0.1) is 23.9 Å². The lowest BCUT2D eigenvalue weighted by molar-refractivity contribution is 0.0731. The number of carbonyl (C=O) groups excluding carboxylic acids is 1. The van der Waals surface area contributed by atoms with Crippen molar-refractivity contribution in [2.45, 2.75) is 20.0 Å². The Morgan fingerprint density at radius 2 is 1.61 bits per heavy atom. The van der Waals surface area contributed by atoms with E-state index in [1.807, 2.05) is 82.6 Å². The molecule has 0 aliphatic heterocycles. The normalized spacial score (nSPS) is 11.3. The fourth-order valence-electron chi connectivity index (χ4n) is 3.92. The monoisotopic (exact) mass is 570 g/mol. The van der Waals surface area contributed by atoms with Gasteiger partial charge in [0.25, 0.3) is 0 Å². The number of rotatable bonds is 11. The van der Waals surface area contributed by atoms with Gasteiger partial charge in [-0.1, -0.05) is 36.4 Å². The molecule has 1 aromatic heterocycles.